The minimum atomic E-state index is 0.530. The van der Waals surface area contributed by atoms with Crippen LogP contribution in [0, 0.1) is 0 Å². The molecule has 1 aromatic carbocycles. The molecule has 3 rings (SSSR count). The van der Waals surface area contributed by atoms with E-state index in [-0.39, 0.29) is 0 Å². The largest absolute Gasteiger partial charge is 0.378 e. The molecule has 108 valence electrons. The van der Waals surface area contributed by atoms with Crippen LogP contribution < -0.4 is 15.5 Å². The van der Waals surface area contributed by atoms with E-state index >= 15 is 0 Å². The molecule has 7 heteroatoms. The number of aromatic amines is 1. The minimum absolute atomic E-state index is 0.530. The predicted molar refractivity (Wildman–Crippen MR) is 85.3 cm³/mol. The molecule has 0 aliphatic heterocycles. The quantitative estimate of drug-likeness (QED) is 0.681. The van der Waals surface area contributed by atoms with E-state index < -0.39 is 0 Å². The zero-order chi connectivity index (χ0) is 14.8. The fourth-order valence-electron chi connectivity index (χ4n) is 2.02. The highest BCUT2D eigenvalue weighted by molar-refractivity contribution is 5.86. The van der Waals surface area contributed by atoms with Gasteiger partial charge in [-0.05, 0) is 24.3 Å². The molecule has 7 nitrogen and oxygen atoms in total. The lowest BCUT2D eigenvalue weighted by Crippen LogP contribution is -2.08. The van der Waals surface area contributed by atoms with Crippen molar-refractivity contribution in [3.05, 3.63) is 30.6 Å². The number of fused-ring (bicyclic) bond motifs is 1. The van der Waals surface area contributed by atoms with Crippen LogP contribution in [0.5, 0.6) is 0 Å². The van der Waals surface area contributed by atoms with E-state index in [9.17, 15) is 0 Å². The van der Waals surface area contributed by atoms with Gasteiger partial charge in [0, 0.05) is 32.5 Å². The van der Waals surface area contributed by atoms with E-state index in [1.54, 1.807) is 13.4 Å². The molecular formula is C14H17N7. The number of nitrogens with one attached hydrogen (secondary N) is 3. The molecule has 0 saturated heterocycles. The Morgan fingerprint density at radius 1 is 1.10 bits per heavy atom. The lowest BCUT2D eigenvalue weighted by atomic mass is 10.2. The summed E-state index contributed by atoms with van der Waals surface area (Å²) < 4.78 is 0. The average Bonchev–Trinajstić information content (AvgIpc) is 2.96. The van der Waals surface area contributed by atoms with E-state index in [0.717, 1.165) is 16.9 Å². The zero-order valence-electron chi connectivity index (χ0n) is 12.2. The first-order chi connectivity index (χ1) is 10.2. The minimum Gasteiger partial charge on any atom is -0.378 e. The summed E-state index contributed by atoms with van der Waals surface area (Å²) in [5.41, 5.74) is 3.51. The summed E-state index contributed by atoms with van der Waals surface area (Å²) in [6.07, 6.45) is 1.61. The number of hydrogen-bond donors (Lipinski definition) is 3. The summed E-state index contributed by atoms with van der Waals surface area (Å²) in [6.45, 7) is 0. The summed E-state index contributed by atoms with van der Waals surface area (Å²) in [6, 6.07) is 8.12. The van der Waals surface area contributed by atoms with Gasteiger partial charge in [-0.15, -0.1) is 0 Å². The molecule has 2 aromatic heterocycles. The van der Waals surface area contributed by atoms with Crippen LogP contribution in [0.2, 0.25) is 0 Å². The van der Waals surface area contributed by atoms with E-state index in [1.165, 1.54) is 0 Å². The highest BCUT2D eigenvalue weighted by atomic mass is 15.2. The van der Waals surface area contributed by atoms with Crippen molar-refractivity contribution in [1.29, 1.82) is 0 Å². The van der Waals surface area contributed by atoms with E-state index in [2.05, 4.69) is 35.5 Å². The van der Waals surface area contributed by atoms with Gasteiger partial charge < -0.3 is 20.5 Å². The normalized spacial score (nSPS) is 10.6. The molecule has 0 saturated carbocycles. The van der Waals surface area contributed by atoms with Crippen molar-refractivity contribution in [3.8, 4) is 0 Å². The fourth-order valence-corrected chi connectivity index (χ4v) is 2.02. The van der Waals surface area contributed by atoms with E-state index in [1.807, 2.05) is 38.4 Å². The molecule has 0 aliphatic carbocycles. The highest BCUT2D eigenvalue weighted by Crippen LogP contribution is 2.24. The zero-order valence-corrected chi connectivity index (χ0v) is 12.2. The third kappa shape index (κ3) is 2.58. The van der Waals surface area contributed by atoms with Gasteiger partial charge in [0.05, 0.1) is 6.33 Å². The number of rotatable bonds is 4. The van der Waals surface area contributed by atoms with Crippen LogP contribution in [-0.2, 0) is 0 Å². The van der Waals surface area contributed by atoms with Crippen LogP contribution in [0.25, 0.3) is 11.2 Å². The van der Waals surface area contributed by atoms with Crippen molar-refractivity contribution in [2.24, 2.45) is 0 Å². The van der Waals surface area contributed by atoms with Gasteiger partial charge >= 0.3 is 0 Å². The van der Waals surface area contributed by atoms with Gasteiger partial charge in [0.15, 0.2) is 11.5 Å². The number of imidazole rings is 1. The van der Waals surface area contributed by atoms with E-state index in [0.29, 0.717) is 17.4 Å². The maximum Gasteiger partial charge on any atom is 0.226 e. The number of hydrogen-bond acceptors (Lipinski definition) is 6. The second kappa shape index (κ2) is 5.28. The smallest absolute Gasteiger partial charge is 0.226 e. The molecule has 3 N–H and O–H groups in total. The van der Waals surface area contributed by atoms with Crippen LogP contribution in [0.15, 0.2) is 30.6 Å². The molecule has 2 heterocycles. The number of nitrogens with zero attached hydrogens (tertiary/aromatic N) is 4. The van der Waals surface area contributed by atoms with Crippen molar-refractivity contribution in [3.63, 3.8) is 0 Å². The van der Waals surface area contributed by atoms with Crippen LogP contribution in [0.1, 0.15) is 0 Å². The fraction of sp³-hybridized carbons (Fsp3) is 0.214. The molecule has 0 fully saturated rings. The number of anilines is 4. The molecular weight excluding hydrogens is 266 g/mol. The van der Waals surface area contributed by atoms with Gasteiger partial charge in [-0.2, -0.15) is 9.97 Å². The number of aromatic nitrogens is 4. The van der Waals surface area contributed by atoms with Crippen molar-refractivity contribution in [2.75, 3.05) is 36.7 Å². The Kier molecular flexibility index (Phi) is 3.31. The third-order valence-electron chi connectivity index (χ3n) is 3.16. The molecule has 0 amide bonds. The molecule has 0 spiro atoms. The van der Waals surface area contributed by atoms with Crippen LogP contribution in [-0.4, -0.2) is 41.1 Å². The van der Waals surface area contributed by atoms with Crippen LogP contribution in [0.3, 0.4) is 0 Å². The standard InChI is InChI=1S/C14H17N7/c1-15-14-19-12-11(16-8-17-12)13(20-14)18-9-4-6-10(7-5-9)21(2)3/h4-8H,1-3H3,(H3,15,16,17,18,19,20). The first-order valence-corrected chi connectivity index (χ1v) is 6.60. The monoisotopic (exact) mass is 283 g/mol. The number of benzene rings is 1. The summed E-state index contributed by atoms with van der Waals surface area (Å²) in [4.78, 5) is 18.0. The Hall–Kier alpha value is -2.83. The van der Waals surface area contributed by atoms with E-state index in [4.69, 9.17) is 0 Å². The summed E-state index contributed by atoms with van der Waals surface area (Å²) in [5.74, 6) is 1.22. The Morgan fingerprint density at radius 3 is 2.52 bits per heavy atom. The number of H-pyrrole nitrogens is 1. The Bertz CT molecular complexity index is 746. The molecule has 0 aliphatic rings. The lowest BCUT2D eigenvalue weighted by Gasteiger charge is -2.13. The predicted octanol–water partition coefficient (Wildman–Crippen LogP) is 2.20. The van der Waals surface area contributed by atoms with Crippen LogP contribution >= 0.6 is 0 Å². The topological polar surface area (TPSA) is 81.8 Å². The van der Waals surface area contributed by atoms with Crippen LogP contribution in [0.4, 0.5) is 23.1 Å². The lowest BCUT2D eigenvalue weighted by molar-refractivity contribution is 1.13. The molecule has 0 unspecified atom stereocenters. The van der Waals surface area contributed by atoms with Gasteiger partial charge in [-0.25, -0.2) is 4.98 Å². The Labute approximate surface area is 122 Å². The summed E-state index contributed by atoms with van der Waals surface area (Å²) in [5, 5.41) is 6.23. The summed E-state index contributed by atoms with van der Waals surface area (Å²) >= 11 is 0. The first-order valence-electron chi connectivity index (χ1n) is 6.60. The van der Waals surface area contributed by atoms with Gasteiger partial charge in [-0.3, -0.25) is 0 Å². The van der Waals surface area contributed by atoms with Crippen molar-refractivity contribution >= 4 is 34.3 Å². The SMILES string of the molecule is CNc1nc(Nc2ccc(N(C)C)cc2)c2[nH]cnc2n1. The molecule has 0 radical (unpaired) electrons. The Balaban J connectivity index is 1.95. The maximum absolute atomic E-state index is 4.43. The maximum atomic E-state index is 4.43. The van der Waals surface area contributed by atoms with Gasteiger partial charge in [-0.1, -0.05) is 0 Å². The van der Waals surface area contributed by atoms with Gasteiger partial charge in [0.25, 0.3) is 0 Å². The second-order valence-corrected chi connectivity index (χ2v) is 4.81. The molecule has 0 bridgehead atoms. The molecule has 0 atom stereocenters. The Morgan fingerprint density at radius 2 is 1.86 bits per heavy atom. The second-order valence-electron chi connectivity index (χ2n) is 4.81. The van der Waals surface area contributed by atoms with Crippen molar-refractivity contribution in [2.45, 2.75) is 0 Å². The average molecular weight is 283 g/mol. The summed E-state index contributed by atoms with van der Waals surface area (Å²) in [7, 11) is 5.81. The molecule has 3 aromatic rings. The highest BCUT2D eigenvalue weighted by Gasteiger charge is 2.09. The van der Waals surface area contributed by atoms with Gasteiger partial charge in [0.1, 0.15) is 5.52 Å². The van der Waals surface area contributed by atoms with Gasteiger partial charge in [0.2, 0.25) is 5.95 Å². The van der Waals surface area contributed by atoms with Crippen molar-refractivity contribution in [1.82, 2.24) is 19.9 Å². The molecule has 21 heavy (non-hydrogen) atoms. The first kappa shape index (κ1) is 13.2. The third-order valence-corrected chi connectivity index (χ3v) is 3.16. The van der Waals surface area contributed by atoms with Crippen molar-refractivity contribution < 1.29 is 0 Å².